The Bertz CT molecular complexity index is 835. The molecule has 30 heavy (non-hydrogen) atoms. The van der Waals surface area contributed by atoms with Crippen LogP contribution in [0.5, 0.6) is 0 Å². The van der Waals surface area contributed by atoms with Crippen molar-refractivity contribution >= 4 is 17.9 Å². The van der Waals surface area contributed by atoms with Gasteiger partial charge in [0.05, 0.1) is 0 Å². The Balaban J connectivity index is 1.84. The number of ether oxygens (including phenoxy) is 2. The molecule has 0 heterocycles. The number of anilines is 1. The van der Waals surface area contributed by atoms with Gasteiger partial charge in [0.25, 0.3) is 0 Å². The van der Waals surface area contributed by atoms with E-state index < -0.39 is 30.0 Å². The van der Waals surface area contributed by atoms with Crippen LogP contribution in [0.4, 0.5) is 15.3 Å². The first-order valence-electron chi connectivity index (χ1n) is 9.55. The fourth-order valence-corrected chi connectivity index (χ4v) is 2.52. The van der Waals surface area contributed by atoms with E-state index >= 15 is 0 Å². The number of rotatable bonds is 7. The quantitative estimate of drug-likeness (QED) is 0.550. The lowest BCUT2D eigenvalue weighted by Gasteiger charge is -2.21. The summed E-state index contributed by atoms with van der Waals surface area (Å²) in [5, 5.41) is 25.6. The summed E-state index contributed by atoms with van der Waals surface area (Å²) in [6.07, 6.45) is -3.88. The topological polar surface area (TPSA) is 117 Å². The maximum Gasteiger partial charge on any atom is 0.412 e. The van der Waals surface area contributed by atoms with Gasteiger partial charge in [-0.25, -0.2) is 9.59 Å². The Kier molecular flexibility index (Phi) is 8.20. The van der Waals surface area contributed by atoms with Crippen LogP contribution in [-0.4, -0.2) is 40.6 Å². The number of aliphatic hydroxyl groups is 2. The monoisotopic (exact) mass is 416 g/mol. The summed E-state index contributed by atoms with van der Waals surface area (Å²) in [5.41, 5.74) is 0.972. The molecule has 2 unspecified atom stereocenters. The molecule has 0 aliphatic rings. The average molecular weight is 416 g/mol. The molecule has 0 fully saturated rings. The molecule has 2 aromatic carbocycles. The van der Waals surface area contributed by atoms with Crippen molar-refractivity contribution in [1.82, 2.24) is 5.32 Å². The lowest BCUT2D eigenvalue weighted by molar-refractivity contribution is 0.0184. The predicted octanol–water partition coefficient (Wildman–Crippen LogP) is 3.35. The summed E-state index contributed by atoms with van der Waals surface area (Å²) in [4.78, 5) is 23.7. The lowest BCUT2D eigenvalue weighted by atomic mass is 10.0. The highest BCUT2D eigenvalue weighted by Crippen LogP contribution is 2.21. The Labute approximate surface area is 175 Å². The molecule has 2 aromatic rings. The van der Waals surface area contributed by atoms with Gasteiger partial charge in [-0.15, -0.1) is 0 Å². The molecule has 0 saturated heterocycles. The van der Waals surface area contributed by atoms with E-state index in [1.165, 1.54) is 6.07 Å². The molecule has 0 radical (unpaired) electrons. The number of amides is 2. The van der Waals surface area contributed by atoms with Crippen LogP contribution in [0.2, 0.25) is 0 Å². The van der Waals surface area contributed by atoms with E-state index in [1.807, 2.05) is 30.3 Å². The van der Waals surface area contributed by atoms with Gasteiger partial charge in [-0.3, -0.25) is 5.32 Å². The number of benzene rings is 2. The van der Waals surface area contributed by atoms with Crippen molar-refractivity contribution in [3.05, 3.63) is 65.7 Å². The van der Waals surface area contributed by atoms with E-state index in [-0.39, 0.29) is 13.2 Å². The summed E-state index contributed by atoms with van der Waals surface area (Å²) in [5.74, 6) is 0. The molecule has 0 aliphatic heterocycles. The largest absolute Gasteiger partial charge is 0.445 e. The molecule has 2 rings (SSSR count). The van der Waals surface area contributed by atoms with Crippen LogP contribution in [0, 0.1) is 0 Å². The third kappa shape index (κ3) is 8.10. The first kappa shape index (κ1) is 23.2. The van der Waals surface area contributed by atoms with Crippen LogP contribution in [0.25, 0.3) is 0 Å². The van der Waals surface area contributed by atoms with Crippen LogP contribution in [0.15, 0.2) is 54.6 Å². The zero-order chi connectivity index (χ0) is 22.1. The Morgan fingerprint density at radius 2 is 1.70 bits per heavy atom. The van der Waals surface area contributed by atoms with E-state index in [1.54, 1.807) is 39.0 Å². The summed E-state index contributed by atoms with van der Waals surface area (Å²) in [6.45, 7) is 5.14. The van der Waals surface area contributed by atoms with E-state index in [2.05, 4.69) is 10.6 Å². The summed E-state index contributed by atoms with van der Waals surface area (Å²) >= 11 is 0. The number of alkyl carbamates (subject to hydrolysis) is 1. The molecule has 0 aliphatic carbocycles. The van der Waals surface area contributed by atoms with Crippen molar-refractivity contribution in [1.29, 1.82) is 0 Å². The number of nitrogens with one attached hydrogen (secondary N) is 2. The van der Waals surface area contributed by atoms with Gasteiger partial charge in [0.15, 0.2) is 0 Å². The molecule has 0 bridgehead atoms. The van der Waals surface area contributed by atoms with Crippen molar-refractivity contribution in [3.8, 4) is 0 Å². The van der Waals surface area contributed by atoms with Crippen molar-refractivity contribution in [2.24, 2.45) is 0 Å². The maximum absolute atomic E-state index is 11.9. The van der Waals surface area contributed by atoms with Gasteiger partial charge in [-0.05, 0) is 44.0 Å². The molecule has 2 atom stereocenters. The van der Waals surface area contributed by atoms with Crippen LogP contribution < -0.4 is 10.6 Å². The second-order valence-electron chi connectivity index (χ2n) is 7.71. The Morgan fingerprint density at radius 3 is 2.37 bits per heavy atom. The maximum atomic E-state index is 11.9. The van der Waals surface area contributed by atoms with Gasteiger partial charge in [-0.1, -0.05) is 42.5 Å². The highest BCUT2D eigenvalue weighted by molar-refractivity contribution is 5.84. The highest BCUT2D eigenvalue weighted by atomic mass is 16.6. The van der Waals surface area contributed by atoms with Crippen molar-refractivity contribution in [3.63, 3.8) is 0 Å². The molecule has 0 spiro atoms. The number of hydrogen-bond acceptors (Lipinski definition) is 6. The van der Waals surface area contributed by atoms with Gasteiger partial charge < -0.3 is 25.0 Å². The van der Waals surface area contributed by atoms with Gasteiger partial charge in [-0.2, -0.15) is 0 Å². The first-order chi connectivity index (χ1) is 14.1. The third-order valence-electron chi connectivity index (χ3n) is 3.91. The Hall–Kier alpha value is -3.10. The molecule has 8 nitrogen and oxygen atoms in total. The lowest BCUT2D eigenvalue weighted by Crippen LogP contribution is -2.35. The van der Waals surface area contributed by atoms with E-state index in [0.717, 1.165) is 5.56 Å². The predicted molar refractivity (Wildman–Crippen MR) is 112 cm³/mol. The van der Waals surface area contributed by atoms with Crippen molar-refractivity contribution < 1.29 is 29.3 Å². The minimum Gasteiger partial charge on any atom is -0.445 e. The average Bonchev–Trinajstić information content (AvgIpc) is 2.69. The summed E-state index contributed by atoms with van der Waals surface area (Å²) < 4.78 is 10.2. The number of aliphatic hydroxyl groups excluding tert-OH is 2. The van der Waals surface area contributed by atoms with Gasteiger partial charge in [0.2, 0.25) is 0 Å². The minimum absolute atomic E-state index is 0.101. The standard InChI is InChI=1S/C22H28N2O6/c1-22(2,3)30-21(28)24-17-11-7-10-16(12-17)19(26)18(25)13-23-20(27)29-14-15-8-5-4-6-9-15/h4-12,18-19,25-26H,13-14H2,1-3H3,(H,23,27)(H,24,28). The summed E-state index contributed by atoms with van der Waals surface area (Å²) in [6, 6.07) is 15.6. The van der Waals surface area contributed by atoms with Crippen LogP contribution in [-0.2, 0) is 16.1 Å². The van der Waals surface area contributed by atoms with Crippen molar-refractivity contribution in [2.45, 2.75) is 45.2 Å². The second-order valence-corrected chi connectivity index (χ2v) is 7.71. The molecule has 2 amide bonds. The van der Waals surface area contributed by atoms with E-state index in [4.69, 9.17) is 9.47 Å². The first-order valence-corrected chi connectivity index (χ1v) is 9.55. The normalized spacial score (nSPS) is 13.1. The fraction of sp³-hybridized carbons (Fsp3) is 0.364. The smallest absolute Gasteiger partial charge is 0.412 e. The van der Waals surface area contributed by atoms with Crippen LogP contribution in [0.3, 0.4) is 0 Å². The van der Waals surface area contributed by atoms with Gasteiger partial charge in [0, 0.05) is 12.2 Å². The summed E-state index contributed by atoms with van der Waals surface area (Å²) in [7, 11) is 0. The van der Waals surface area contributed by atoms with E-state index in [9.17, 15) is 19.8 Å². The Morgan fingerprint density at radius 1 is 1.00 bits per heavy atom. The molecular weight excluding hydrogens is 388 g/mol. The third-order valence-corrected chi connectivity index (χ3v) is 3.91. The molecule has 0 aromatic heterocycles. The molecular formula is C22H28N2O6. The van der Waals surface area contributed by atoms with E-state index in [0.29, 0.717) is 11.3 Å². The fourth-order valence-electron chi connectivity index (χ4n) is 2.52. The molecule has 8 heteroatoms. The highest BCUT2D eigenvalue weighted by Gasteiger charge is 2.21. The van der Waals surface area contributed by atoms with Gasteiger partial charge >= 0.3 is 12.2 Å². The zero-order valence-corrected chi connectivity index (χ0v) is 17.3. The molecule has 0 saturated carbocycles. The van der Waals surface area contributed by atoms with Crippen molar-refractivity contribution in [2.75, 3.05) is 11.9 Å². The SMILES string of the molecule is CC(C)(C)OC(=O)Nc1cccc(C(O)C(O)CNC(=O)OCc2ccccc2)c1. The second kappa shape index (κ2) is 10.6. The number of carbonyl (C=O) groups excluding carboxylic acids is 2. The van der Waals surface area contributed by atoms with Gasteiger partial charge in [0.1, 0.15) is 24.4 Å². The number of carbonyl (C=O) groups is 2. The molecule has 4 N–H and O–H groups in total. The minimum atomic E-state index is -1.28. The van der Waals surface area contributed by atoms with Crippen LogP contribution in [0.1, 0.15) is 38.0 Å². The van der Waals surface area contributed by atoms with Crippen LogP contribution >= 0.6 is 0 Å². The zero-order valence-electron chi connectivity index (χ0n) is 17.3. The number of hydrogen-bond donors (Lipinski definition) is 4. The molecule has 162 valence electrons.